The highest BCUT2D eigenvalue weighted by Crippen LogP contribution is 2.30. The molecule has 3 aromatic rings. The molecule has 0 spiro atoms. The van der Waals surface area contributed by atoms with Crippen molar-refractivity contribution < 1.29 is 9.47 Å². The van der Waals surface area contributed by atoms with E-state index in [1.165, 1.54) is 0 Å². The average molecular weight is 346 g/mol. The van der Waals surface area contributed by atoms with Crippen molar-refractivity contribution in [2.24, 2.45) is 0 Å². The molecule has 1 saturated heterocycles. The second-order valence-electron chi connectivity index (χ2n) is 5.62. The molecular formula is C16H16ClN5O2. The molecule has 0 unspecified atom stereocenters. The van der Waals surface area contributed by atoms with Crippen LogP contribution in [0.2, 0.25) is 5.02 Å². The van der Waals surface area contributed by atoms with Crippen molar-refractivity contribution in [1.29, 1.82) is 0 Å². The Labute approximate surface area is 143 Å². The van der Waals surface area contributed by atoms with Gasteiger partial charge < -0.3 is 9.47 Å². The molecule has 1 aromatic carbocycles. The molecule has 0 bridgehead atoms. The Morgan fingerprint density at radius 1 is 1.25 bits per heavy atom. The lowest BCUT2D eigenvalue weighted by atomic mass is 10.1. The van der Waals surface area contributed by atoms with Crippen molar-refractivity contribution in [1.82, 2.24) is 25.2 Å². The lowest BCUT2D eigenvalue weighted by Gasteiger charge is -2.22. The maximum atomic E-state index is 6.21. The van der Waals surface area contributed by atoms with E-state index in [0.717, 1.165) is 37.0 Å². The number of fused-ring (bicyclic) bond motifs is 1. The molecule has 8 heteroatoms. The summed E-state index contributed by atoms with van der Waals surface area (Å²) in [7, 11) is 0. The van der Waals surface area contributed by atoms with Gasteiger partial charge >= 0.3 is 0 Å². The summed E-state index contributed by atoms with van der Waals surface area (Å²) in [6, 6.07) is 7.66. The standard InChI is InChI=1S/C16H16ClN5O2/c17-13-3-4-14(16-12(13)2-1-7-18-16)24-10-15-19-20-21-22(15)11-5-8-23-9-6-11/h1-4,7,11H,5-6,8-10H2. The zero-order chi connectivity index (χ0) is 16.4. The molecule has 2 aromatic heterocycles. The SMILES string of the molecule is Clc1ccc(OCc2nnnn2C2CCOCC2)c2ncccc12. The summed E-state index contributed by atoms with van der Waals surface area (Å²) in [6.45, 7) is 1.74. The van der Waals surface area contributed by atoms with E-state index in [1.807, 2.05) is 28.9 Å². The van der Waals surface area contributed by atoms with Crippen molar-refractivity contribution in [2.45, 2.75) is 25.5 Å². The minimum Gasteiger partial charge on any atom is -0.483 e. The number of tetrazole rings is 1. The first kappa shape index (κ1) is 15.3. The van der Waals surface area contributed by atoms with E-state index < -0.39 is 0 Å². The van der Waals surface area contributed by atoms with Crippen LogP contribution < -0.4 is 4.74 Å². The Morgan fingerprint density at radius 2 is 2.12 bits per heavy atom. The van der Waals surface area contributed by atoms with Crippen LogP contribution in [0, 0.1) is 0 Å². The summed E-state index contributed by atoms with van der Waals surface area (Å²) in [5.41, 5.74) is 0.732. The van der Waals surface area contributed by atoms with Crippen LogP contribution in [0.1, 0.15) is 24.7 Å². The van der Waals surface area contributed by atoms with Crippen LogP contribution in [0.25, 0.3) is 10.9 Å². The Hall–Kier alpha value is -2.25. The largest absolute Gasteiger partial charge is 0.483 e. The molecule has 1 aliphatic rings. The van der Waals surface area contributed by atoms with Gasteiger partial charge in [0.05, 0.1) is 11.1 Å². The molecule has 1 fully saturated rings. The maximum Gasteiger partial charge on any atom is 0.189 e. The van der Waals surface area contributed by atoms with Gasteiger partial charge in [0.25, 0.3) is 0 Å². The summed E-state index contributed by atoms with van der Waals surface area (Å²) in [5, 5.41) is 13.5. The number of benzene rings is 1. The molecule has 0 amide bonds. The van der Waals surface area contributed by atoms with Crippen LogP contribution in [0.5, 0.6) is 5.75 Å². The monoisotopic (exact) mass is 345 g/mol. The fourth-order valence-electron chi connectivity index (χ4n) is 2.89. The summed E-state index contributed by atoms with van der Waals surface area (Å²) in [6.07, 6.45) is 3.53. The normalized spacial score (nSPS) is 15.7. The smallest absolute Gasteiger partial charge is 0.189 e. The van der Waals surface area contributed by atoms with Crippen LogP contribution in [0.4, 0.5) is 0 Å². The molecule has 24 heavy (non-hydrogen) atoms. The van der Waals surface area contributed by atoms with Gasteiger partial charge in [0.1, 0.15) is 17.9 Å². The highest BCUT2D eigenvalue weighted by molar-refractivity contribution is 6.35. The van der Waals surface area contributed by atoms with Crippen molar-refractivity contribution >= 4 is 22.5 Å². The molecule has 0 atom stereocenters. The first-order valence-corrected chi connectivity index (χ1v) is 8.21. The first-order chi connectivity index (χ1) is 11.8. The number of aromatic nitrogens is 5. The number of halogens is 1. The van der Waals surface area contributed by atoms with Crippen LogP contribution in [-0.4, -0.2) is 38.4 Å². The highest BCUT2D eigenvalue weighted by Gasteiger charge is 2.21. The molecule has 4 rings (SSSR count). The van der Waals surface area contributed by atoms with E-state index >= 15 is 0 Å². The third kappa shape index (κ3) is 2.92. The number of hydrogen-bond acceptors (Lipinski definition) is 6. The van der Waals surface area contributed by atoms with Gasteiger partial charge in [-0.2, -0.15) is 0 Å². The van der Waals surface area contributed by atoms with E-state index in [1.54, 1.807) is 6.20 Å². The highest BCUT2D eigenvalue weighted by atomic mass is 35.5. The van der Waals surface area contributed by atoms with Gasteiger partial charge in [0.15, 0.2) is 5.82 Å². The molecule has 0 aliphatic carbocycles. The fourth-order valence-corrected chi connectivity index (χ4v) is 3.11. The first-order valence-electron chi connectivity index (χ1n) is 7.83. The molecule has 0 radical (unpaired) electrons. The van der Waals surface area contributed by atoms with Crippen molar-refractivity contribution in [3.8, 4) is 5.75 Å². The van der Waals surface area contributed by atoms with Crippen LogP contribution in [-0.2, 0) is 11.3 Å². The summed E-state index contributed by atoms with van der Waals surface area (Å²) >= 11 is 6.21. The fraction of sp³-hybridized carbons (Fsp3) is 0.375. The quantitative estimate of drug-likeness (QED) is 0.723. The van der Waals surface area contributed by atoms with Gasteiger partial charge in [-0.3, -0.25) is 4.98 Å². The van der Waals surface area contributed by atoms with E-state index in [9.17, 15) is 0 Å². The summed E-state index contributed by atoms with van der Waals surface area (Å²) in [4.78, 5) is 4.37. The van der Waals surface area contributed by atoms with Gasteiger partial charge in [-0.1, -0.05) is 11.6 Å². The van der Waals surface area contributed by atoms with E-state index in [4.69, 9.17) is 21.1 Å². The van der Waals surface area contributed by atoms with E-state index in [0.29, 0.717) is 16.6 Å². The van der Waals surface area contributed by atoms with Crippen LogP contribution in [0.15, 0.2) is 30.5 Å². The predicted molar refractivity (Wildman–Crippen MR) is 88.0 cm³/mol. The molecule has 1 aliphatic heterocycles. The van der Waals surface area contributed by atoms with Gasteiger partial charge in [-0.05, 0) is 47.5 Å². The zero-order valence-corrected chi connectivity index (χ0v) is 13.7. The van der Waals surface area contributed by atoms with E-state index in [2.05, 4.69) is 20.5 Å². The summed E-state index contributed by atoms with van der Waals surface area (Å²) in [5.74, 6) is 1.36. The van der Waals surface area contributed by atoms with Gasteiger partial charge in [0, 0.05) is 24.8 Å². The van der Waals surface area contributed by atoms with Crippen molar-refractivity contribution in [3.05, 3.63) is 41.3 Å². The van der Waals surface area contributed by atoms with Gasteiger partial charge in [-0.25, -0.2) is 4.68 Å². The number of nitrogens with zero attached hydrogens (tertiary/aromatic N) is 5. The average Bonchev–Trinajstić information content (AvgIpc) is 3.11. The molecule has 0 saturated carbocycles. The zero-order valence-electron chi connectivity index (χ0n) is 12.9. The molecule has 7 nitrogen and oxygen atoms in total. The Kier molecular flexibility index (Phi) is 4.27. The summed E-state index contributed by atoms with van der Waals surface area (Å²) < 4.78 is 13.2. The third-order valence-corrected chi connectivity index (χ3v) is 4.46. The Morgan fingerprint density at radius 3 is 3.00 bits per heavy atom. The predicted octanol–water partition coefficient (Wildman–Crippen LogP) is 2.81. The topological polar surface area (TPSA) is 75.0 Å². The second-order valence-corrected chi connectivity index (χ2v) is 6.02. The Bertz CT molecular complexity index is 847. The van der Waals surface area contributed by atoms with Gasteiger partial charge in [-0.15, -0.1) is 5.10 Å². The van der Waals surface area contributed by atoms with E-state index in [-0.39, 0.29) is 12.6 Å². The number of rotatable bonds is 4. The lowest BCUT2D eigenvalue weighted by Crippen LogP contribution is -2.23. The molecule has 3 heterocycles. The number of hydrogen-bond donors (Lipinski definition) is 0. The second kappa shape index (κ2) is 6.70. The minimum absolute atomic E-state index is 0.257. The van der Waals surface area contributed by atoms with Crippen molar-refractivity contribution in [3.63, 3.8) is 0 Å². The third-order valence-electron chi connectivity index (χ3n) is 4.13. The lowest BCUT2D eigenvalue weighted by molar-refractivity contribution is 0.0638. The minimum atomic E-state index is 0.257. The number of pyridine rings is 1. The maximum absolute atomic E-state index is 6.21. The number of ether oxygens (including phenoxy) is 2. The molecular weight excluding hydrogens is 330 g/mol. The van der Waals surface area contributed by atoms with Crippen LogP contribution >= 0.6 is 11.6 Å². The van der Waals surface area contributed by atoms with Crippen LogP contribution in [0.3, 0.4) is 0 Å². The molecule has 0 N–H and O–H groups in total. The Balaban J connectivity index is 1.56. The van der Waals surface area contributed by atoms with Gasteiger partial charge in [0.2, 0.25) is 0 Å². The molecule has 124 valence electrons. The van der Waals surface area contributed by atoms with Crippen molar-refractivity contribution in [2.75, 3.05) is 13.2 Å².